The van der Waals surface area contributed by atoms with E-state index in [4.69, 9.17) is 11.6 Å². The smallest absolute Gasteiger partial charge is 0.0692 e. The summed E-state index contributed by atoms with van der Waals surface area (Å²) in [5.74, 6) is 2.02. The zero-order valence-electron chi connectivity index (χ0n) is 9.29. The second-order valence-corrected chi connectivity index (χ2v) is 5.87. The lowest BCUT2D eigenvalue weighted by Crippen LogP contribution is -1.97. The van der Waals surface area contributed by atoms with Crippen LogP contribution in [0.15, 0.2) is 23.1 Å². The average molecular weight is 257 g/mol. The molecular weight excluding hydrogens is 240 g/mol. The third-order valence-corrected chi connectivity index (χ3v) is 4.71. The van der Waals surface area contributed by atoms with Crippen LogP contribution in [0.4, 0.5) is 0 Å². The SMILES string of the molecule is OCc1ccc(Cl)cc1SCC1CCCC1. The fraction of sp³-hybridized carbons (Fsp3) is 0.538. The number of aliphatic hydroxyl groups is 1. The highest BCUT2D eigenvalue weighted by molar-refractivity contribution is 7.99. The van der Waals surface area contributed by atoms with E-state index in [1.165, 1.54) is 25.7 Å². The fourth-order valence-electron chi connectivity index (χ4n) is 2.18. The van der Waals surface area contributed by atoms with Crippen LogP contribution in [0.3, 0.4) is 0 Å². The number of hydrogen-bond acceptors (Lipinski definition) is 2. The Kier molecular flexibility index (Phi) is 4.56. The van der Waals surface area contributed by atoms with Crippen LogP contribution in [0.1, 0.15) is 31.2 Å². The van der Waals surface area contributed by atoms with Gasteiger partial charge in [0.25, 0.3) is 0 Å². The van der Waals surface area contributed by atoms with E-state index in [0.717, 1.165) is 27.2 Å². The summed E-state index contributed by atoms with van der Waals surface area (Å²) < 4.78 is 0. The highest BCUT2D eigenvalue weighted by Gasteiger charge is 2.15. The molecule has 0 unspecified atom stereocenters. The van der Waals surface area contributed by atoms with Crippen molar-refractivity contribution in [3.05, 3.63) is 28.8 Å². The molecule has 3 heteroatoms. The van der Waals surface area contributed by atoms with Gasteiger partial charge in [-0.2, -0.15) is 0 Å². The van der Waals surface area contributed by atoms with Gasteiger partial charge in [0, 0.05) is 15.7 Å². The van der Waals surface area contributed by atoms with Gasteiger partial charge in [0.05, 0.1) is 6.61 Å². The van der Waals surface area contributed by atoms with Gasteiger partial charge in [-0.25, -0.2) is 0 Å². The zero-order valence-corrected chi connectivity index (χ0v) is 10.9. The van der Waals surface area contributed by atoms with Crippen LogP contribution < -0.4 is 0 Å². The summed E-state index contributed by atoms with van der Waals surface area (Å²) in [7, 11) is 0. The first-order valence-corrected chi connectivity index (χ1v) is 7.18. The van der Waals surface area contributed by atoms with E-state index in [2.05, 4.69) is 0 Å². The molecule has 1 N–H and O–H groups in total. The average Bonchev–Trinajstić information content (AvgIpc) is 2.79. The normalized spacial score (nSPS) is 16.9. The van der Waals surface area contributed by atoms with Crippen LogP contribution in [0.25, 0.3) is 0 Å². The Morgan fingerprint density at radius 2 is 2.06 bits per heavy atom. The Hall–Kier alpha value is -0.180. The highest BCUT2D eigenvalue weighted by atomic mass is 35.5. The topological polar surface area (TPSA) is 20.2 Å². The first-order valence-electron chi connectivity index (χ1n) is 5.81. The molecule has 1 aromatic carbocycles. The molecule has 1 saturated carbocycles. The summed E-state index contributed by atoms with van der Waals surface area (Å²) in [5.41, 5.74) is 0.993. The molecule has 0 bridgehead atoms. The molecule has 2 rings (SSSR count). The highest BCUT2D eigenvalue weighted by Crippen LogP contribution is 2.33. The molecule has 0 spiro atoms. The third-order valence-electron chi connectivity index (χ3n) is 3.15. The van der Waals surface area contributed by atoms with Crippen LogP contribution in [0.5, 0.6) is 0 Å². The van der Waals surface area contributed by atoms with Crippen molar-refractivity contribution in [3.63, 3.8) is 0 Å². The van der Waals surface area contributed by atoms with Gasteiger partial charge in [-0.15, -0.1) is 11.8 Å². The molecule has 0 heterocycles. The predicted octanol–water partition coefficient (Wildman–Crippen LogP) is 4.11. The second kappa shape index (κ2) is 5.95. The van der Waals surface area contributed by atoms with Crippen molar-refractivity contribution >= 4 is 23.4 Å². The standard InChI is InChI=1S/C13H17ClOS/c14-12-6-5-11(8-15)13(7-12)16-9-10-3-1-2-4-10/h5-7,10,15H,1-4,8-9H2. The molecule has 0 amide bonds. The van der Waals surface area contributed by atoms with Gasteiger partial charge >= 0.3 is 0 Å². The van der Waals surface area contributed by atoms with Crippen molar-refractivity contribution < 1.29 is 5.11 Å². The van der Waals surface area contributed by atoms with Crippen LogP contribution in [-0.4, -0.2) is 10.9 Å². The van der Waals surface area contributed by atoms with Crippen molar-refractivity contribution in [2.45, 2.75) is 37.2 Å². The number of rotatable bonds is 4. The molecule has 0 radical (unpaired) electrons. The maximum atomic E-state index is 9.24. The predicted molar refractivity (Wildman–Crippen MR) is 70.1 cm³/mol. The summed E-state index contributed by atoms with van der Waals surface area (Å²) in [4.78, 5) is 1.14. The molecule has 1 aliphatic carbocycles. The van der Waals surface area contributed by atoms with Crippen LogP contribution >= 0.6 is 23.4 Å². The Bertz CT molecular complexity index is 348. The summed E-state index contributed by atoms with van der Waals surface area (Å²) >= 11 is 7.81. The summed E-state index contributed by atoms with van der Waals surface area (Å²) in [5, 5.41) is 10.0. The Morgan fingerprint density at radius 1 is 1.31 bits per heavy atom. The minimum Gasteiger partial charge on any atom is -0.392 e. The van der Waals surface area contributed by atoms with Crippen molar-refractivity contribution in [2.75, 3.05) is 5.75 Å². The van der Waals surface area contributed by atoms with Crippen LogP contribution in [-0.2, 0) is 6.61 Å². The quantitative estimate of drug-likeness (QED) is 0.818. The summed E-state index contributed by atoms with van der Waals surface area (Å²) in [6, 6.07) is 5.72. The Balaban J connectivity index is 1.98. The van der Waals surface area contributed by atoms with E-state index in [0.29, 0.717) is 0 Å². The minimum absolute atomic E-state index is 0.101. The maximum Gasteiger partial charge on any atom is 0.0692 e. The van der Waals surface area contributed by atoms with E-state index < -0.39 is 0 Å². The van der Waals surface area contributed by atoms with E-state index in [1.807, 2.05) is 30.0 Å². The zero-order chi connectivity index (χ0) is 11.4. The Labute approximate surface area is 106 Å². The monoisotopic (exact) mass is 256 g/mol. The van der Waals surface area contributed by atoms with Crippen molar-refractivity contribution in [1.82, 2.24) is 0 Å². The molecule has 0 saturated heterocycles. The van der Waals surface area contributed by atoms with Gasteiger partial charge < -0.3 is 5.11 Å². The first-order chi connectivity index (χ1) is 7.79. The molecule has 0 aromatic heterocycles. The lowest BCUT2D eigenvalue weighted by atomic mass is 10.1. The number of thioether (sulfide) groups is 1. The number of hydrogen-bond donors (Lipinski definition) is 1. The first kappa shape index (κ1) is 12.3. The van der Waals surface area contributed by atoms with Gasteiger partial charge in [-0.3, -0.25) is 0 Å². The lowest BCUT2D eigenvalue weighted by Gasteiger charge is -2.11. The molecular formula is C13H17ClOS. The molecule has 1 aliphatic rings. The molecule has 1 aromatic rings. The van der Waals surface area contributed by atoms with Gasteiger partial charge in [0.2, 0.25) is 0 Å². The molecule has 0 aliphatic heterocycles. The molecule has 0 atom stereocenters. The summed E-state index contributed by atoms with van der Waals surface area (Å²) in [6.45, 7) is 0.101. The largest absolute Gasteiger partial charge is 0.392 e. The van der Waals surface area contributed by atoms with Gasteiger partial charge in [-0.05, 0) is 36.5 Å². The van der Waals surface area contributed by atoms with Crippen LogP contribution in [0.2, 0.25) is 5.02 Å². The van der Waals surface area contributed by atoms with E-state index in [-0.39, 0.29) is 6.61 Å². The van der Waals surface area contributed by atoms with E-state index >= 15 is 0 Å². The van der Waals surface area contributed by atoms with Crippen molar-refractivity contribution in [2.24, 2.45) is 5.92 Å². The lowest BCUT2D eigenvalue weighted by molar-refractivity contribution is 0.279. The molecule has 88 valence electrons. The van der Waals surface area contributed by atoms with E-state index in [1.54, 1.807) is 0 Å². The van der Waals surface area contributed by atoms with Gasteiger partial charge in [-0.1, -0.05) is 30.5 Å². The van der Waals surface area contributed by atoms with Gasteiger partial charge in [0.1, 0.15) is 0 Å². The third kappa shape index (κ3) is 3.16. The molecule has 1 fully saturated rings. The Morgan fingerprint density at radius 3 is 2.75 bits per heavy atom. The fourth-order valence-corrected chi connectivity index (χ4v) is 3.69. The van der Waals surface area contributed by atoms with Crippen LogP contribution in [0, 0.1) is 5.92 Å². The van der Waals surface area contributed by atoms with Gasteiger partial charge in [0.15, 0.2) is 0 Å². The minimum atomic E-state index is 0.101. The molecule has 1 nitrogen and oxygen atoms in total. The second-order valence-electron chi connectivity index (χ2n) is 4.37. The number of aliphatic hydroxyl groups excluding tert-OH is 1. The maximum absolute atomic E-state index is 9.24. The number of halogens is 1. The van der Waals surface area contributed by atoms with Crippen molar-refractivity contribution in [3.8, 4) is 0 Å². The van der Waals surface area contributed by atoms with Crippen molar-refractivity contribution in [1.29, 1.82) is 0 Å². The van der Waals surface area contributed by atoms with E-state index in [9.17, 15) is 5.11 Å². The number of benzene rings is 1. The molecule has 16 heavy (non-hydrogen) atoms. The summed E-state index contributed by atoms with van der Waals surface area (Å²) in [6.07, 6.45) is 5.49.